The van der Waals surface area contributed by atoms with Crippen LogP contribution in [0.4, 0.5) is 4.39 Å². The predicted molar refractivity (Wildman–Crippen MR) is 129 cm³/mol. The van der Waals surface area contributed by atoms with Crippen molar-refractivity contribution in [1.29, 1.82) is 5.26 Å². The van der Waals surface area contributed by atoms with Gasteiger partial charge in [-0.1, -0.05) is 18.2 Å². The second kappa shape index (κ2) is 10.9. The minimum atomic E-state index is -1.10. The van der Waals surface area contributed by atoms with Gasteiger partial charge in [-0.2, -0.15) is 5.26 Å². The zero-order valence-corrected chi connectivity index (χ0v) is 19.6. The SMILES string of the molecule is COc1cccc2[nH]c(C(=O)NC(Cc3cccc(F)c3)C(=O)N[C@H](C#N)CC3CCNC3=O)cc12. The molecular weight excluding hydrogens is 465 g/mol. The third-order valence-electron chi connectivity index (χ3n) is 6.19. The van der Waals surface area contributed by atoms with Crippen LogP contribution in [-0.4, -0.2) is 48.4 Å². The first-order chi connectivity index (χ1) is 17.4. The van der Waals surface area contributed by atoms with E-state index in [2.05, 4.69) is 20.9 Å². The number of hydrogen-bond acceptors (Lipinski definition) is 5. The average Bonchev–Trinajstić information content (AvgIpc) is 3.49. The second-order valence-electron chi connectivity index (χ2n) is 8.67. The van der Waals surface area contributed by atoms with Gasteiger partial charge in [0, 0.05) is 29.8 Å². The summed E-state index contributed by atoms with van der Waals surface area (Å²) < 4.78 is 19.1. The zero-order valence-electron chi connectivity index (χ0n) is 19.6. The molecule has 0 saturated carbocycles. The number of fused-ring (bicyclic) bond motifs is 1. The Labute approximate surface area is 207 Å². The molecule has 2 unspecified atom stereocenters. The number of nitriles is 1. The van der Waals surface area contributed by atoms with Gasteiger partial charge in [0.1, 0.15) is 29.3 Å². The highest BCUT2D eigenvalue weighted by Crippen LogP contribution is 2.26. The Morgan fingerprint density at radius 3 is 2.72 bits per heavy atom. The third kappa shape index (κ3) is 5.63. The second-order valence-corrected chi connectivity index (χ2v) is 8.67. The van der Waals surface area contributed by atoms with Gasteiger partial charge in [-0.05, 0) is 48.7 Å². The highest BCUT2D eigenvalue weighted by Gasteiger charge is 2.30. The molecule has 2 aromatic carbocycles. The molecule has 1 saturated heterocycles. The lowest BCUT2D eigenvalue weighted by Crippen LogP contribution is -2.51. The van der Waals surface area contributed by atoms with Gasteiger partial charge in [-0.3, -0.25) is 14.4 Å². The van der Waals surface area contributed by atoms with Crippen molar-refractivity contribution in [2.45, 2.75) is 31.3 Å². The molecule has 1 aliphatic rings. The van der Waals surface area contributed by atoms with Crippen molar-refractivity contribution in [2.75, 3.05) is 13.7 Å². The third-order valence-corrected chi connectivity index (χ3v) is 6.19. The van der Waals surface area contributed by atoms with Crippen LogP contribution in [0, 0.1) is 23.1 Å². The number of aromatic nitrogens is 1. The van der Waals surface area contributed by atoms with Crippen LogP contribution in [0.2, 0.25) is 0 Å². The van der Waals surface area contributed by atoms with Crippen molar-refractivity contribution in [3.8, 4) is 11.8 Å². The van der Waals surface area contributed by atoms with E-state index in [-0.39, 0.29) is 30.4 Å². The van der Waals surface area contributed by atoms with E-state index in [1.54, 1.807) is 30.3 Å². The van der Waals surface area contributed by atoms with E-state index in [1.165, 1.54) is 25.3 Å². The van der Waals surface area contributed by atoms with E-state index in [9.17, 15) is 24.0 Å². The summed E-state index contributed by atoms with van der Waals surface area (Å²) in [6.45, 7) is 0.531. The zero-order chi connectivity index (χ0) is 25.7. The number of carbonyl (C=O) groups excluding carboxylic acids is 3. The summed E-state index contributed by atoms with van der Waals surface area (Å²) in [6.07, 6.45) is 0.748. The van der Waals surface area contributed by atoms with Gasteiger partial charge in [-0.15, -0.1) is 0 Å². The van der Waals surface area contributed by atoms with Crippen LogP contribution in [0.15, 0.2) is 48.5 Å². The normalized spacial score (nSPS) is 16.6. The van der Waals surface area contributed by atoms with Crippen LogP contribution in [0.25, 0.3) is 10.9 Å². The quantitative estimate of drug-likeness (QED) is 0.364. The van der Waals surface area contributed by atoms with E-state index in [4.69, 9.17) is 4.74 Å². The molecule has 0 spiro atoms. The maximum atomic E-state index is 13.8. The highest BCUT2D eigenvalue weighted by atomic mass is 19.1. The molecule has 3 atom stereocenters. The summed E-state index contributed by atoms with van der Waals surface area (Å²) in [5, 5.41) is 18.3. The summed E-state index contributed by atoms with van der Waals surface area (Å²) in [4.78, 5) is 41.2. The van der Waals surface area contributed by atoms with Crippen molar-refractivity contribution < 1.29 is 23.5 Å². The Morgan fingerprint density at radius 1 is 1.22 bits per heavy atom. The van der Waals surface area contributed by atoms with Crippen LogP contribution in [0.1, 0.15) is 28.9 Å². The van der Waals surface area contributed by atoms with Crippen molar-refractivity contribution in [2.24, 2.45) is 5.92 Å². The lowest BCUT2D eigenvalue weighted by atomic mass is 9.98. The van der Waals surface area contributed by atoms with Crippen molar-refractivity contribution >= 4 is 28.6 Å². The molecule has 4 rings (SSSR count). The smallest absolute Gasteiger partial charge is 0.268 e. The van der Waals surface area contributed by atoms with Crippen molar-refractivity contribution in [1.82, 2.24) is 20.9 Å². The number of benzene rings is 2. The molecule has 0 bridgehead atoms. The average molecular weight is 492 g/mol. The maximum absolute atomic E-state index is 13.8. The molecule has 0 aliphatic carbocycles. The Morgan fingerprint density at radius 2 is 2.03 bits per heavy atom. The molecule has 186 valence electrons. The summed E-state index contributed by atoms with van der Waals surface area (Å²) in [5.74, 6) is -1.55. The standard InChI is InChI=1S/C26H26FN5O4/c1-36-23-7-3-6-20-19(23)13-22(31-20)26(35)32-21(11-15-4-2-5-17(27)10-15)25(34)30-18(14-28)12-16-8-9-29-24(16)33/h2-7,10,13,16,18,21,31H,8-9,11-12H2,1H3,(H,29,33)(H,30,34)(H,32,35)/t16?,18-,21?/m0/s1. The number of carbonyl (C=O) groups is 3. The highest BCUT2D eigenvalue weighted by molar-refractivity contribution is 6.01. The molecule has 4 N–H and O–H groups in total. The van der Waals surface area contributed by atoms with Crippen LogP contribution in [0.3, 0.4) is 0 Å². The number of methoxy groups -OCH3 is 1. The van der Waals surface area contributed by atoms with E-state index in [0.717, 1.165) is 0 Å². The van der Waals surface area contributed by atoms with Crippen molar-refractivity contribution in [3.05, 3.63) is 65.6 Å². The Bertz CT molecular complexity index is 1330. The fourth-order valence-electron chi connectivity index (χ4n) is 4.34. The van der Waals surface area contributed by atoms with Gasteiger partial charge in [0.15, 0.2) is 0 Å². The number of halogens is 1. The molecule has 1 aliphatic heterocycles. The van der Waals surface area contributed by atoms with Gasteiger partial charge >= 0.3 is 0 Å². The molecule has 3 amide bonds. The number of amides is 3. The van der Waals surface area contributed by atoms with E-state index in [0.29, 0.717) is 35.2 Å². The Hall–Kier alpha value is -4.39. The van der Waals surface area contributed by atoms with Gasteiger partial charge in [0.05, 0.1) is 13.2 Å². The number of H-pyrrole nitrogens is 1. The maximum Gasteiger partial charge on any atom is 0.268 e. The minimum absolute atomic E-state index is 0.000939. The summed E-state index contributed by atoms with van der Waals surface area (Å²) >= 11 is 0. The number of hydrogen-bond donors (Lipinski definition) is 4. The number of aromatic amines is 1. The van der Waals surface area contributed by atoms with Gasteiger partial charge in [-0.25, -0.2) is 4.39 Å². The molecule has 0 radical (unpaired) electrons. The summed E-state index contributed by atoms with van der Waals surface area (Å²) in [5.41, 5.74) is 1.40. The van der Waals surface area contributed by atoms with E-state index in [1.807, 2.05) is 6.07 Å². The number of rotatable bonds is 9. The largest absolute Gasteiger partial charge is 0.496 e. The van der Waals surface area contributed by atoms with Crippen LogP contribution in [-0.2, 0) is 16.0 Å². The minimum Gasteiger partial charge on any atom is -0.496 e. The molecule has 1 fully saturated rings. The monoisotopic (exact) mass is 491 g/mol. The molecule has 9 nitrogen and oxygen atoms in total. The molecule has 36 heavy (non-hydrogen) atoms. The van der Waals surface area contributed by atoms with Gasteiger partial charge in [0.2, 0.25) is 11.8 Å². The number of ether oxygens (including phenoxy) is 1. The molecule has 10 heteroatoms. The van der Waals surface area contributed by atoms with E-state index < -0.39 is 29.7 Å². The fraction of sp³-hybridized carbons (Fsp3) is 0.308. The number of nitrogens with zero attached hydrogens (tertiary/aromatic N) is 1. The van der Waals surface area contributed by atoms with Crippen molar-refractivity contribution in [3.63, 3.8) is 0 Å². The summed E-state index contributed by atoms with van der Waals surface area (Å²) in [7, 11) is 1.53. The van der Waals surface area contributed by atoms with Crippen LogP contribution >= 0.6 is 0 Å². The predicted octanol–water partition coefficient (Wildman–Crippen LogP) is 2.19. The first kappa shape index (κ1) is 24.7. The lowest BCUT2D eigenvalue weighted by molar-refractivity contribution is -0.125. The summed E-state index contributed by atoms with van der Waals surface area (Å²) in [6, 6.07) is 12.7. The topological polar surface area (TPSA) is 136 Å². The fourth-order valence-corrected chi connectivity index (χ4v) is 4.34. The van der Waals surface area contributed by atoms with Crippen LogP contribution < -0.4 is 20.7 Å². The first-order valence-corrected chi connectivity index (χ1v) is 11.6. The number of nitrogens with one attached hydrogen (secondary N) is 4. The lowest BCUT2D eigenvalue weighted by Gasteiger charge is -2.21. The molecular formula is C26H26FN5O4. The Kier molecular flexibility index (Phi) is 7.49. The van der Waals surface area contributed by atoms with E-state index >= 15 is 0 Å². The molecule has 1 aromatic heterocycles. The molecule has 2 heterocycles. The van der Waals surface area contributed by atoms with Crippen LogP contribution in [0.5, 0.6) is 5.75 Å². The first-order valence-electron chi connectivity index (χ1n) is 11.6. The Balaban J connectivity index is 1.54. The van der Waals surface area contributed by atoms with Gasteiger partial charge in [0.25, 0.3) is 5.91 Å². The van der Waals surface area contributed by atoms with Gasteiger partial charge < -0.3 is 25.7 Å². The molecule has 3 aromatic rings.